The molecule has 0 spiro atoms. The van der Waals surface area contributed by atoms with E-state index >= 15 is 0 Å². The van der Waals surface area contributed by atoms with Gasteiger partial charge in [0.05, 0.1) is 32.6 Å². The minimum atomic E-state index is -0.0525. The van der Waals surface area contributed by atoms with Crippen molar-refractivity contribution in [3.05, 3.63) is 48.4 Å². The standard InChI is InChI=1S/C20H23N3O4/c1-25-19-16(5-3-8-22-19)20(24)23-11-17-14(13-27-18(17)12-23)6-9-26-15-4-2-7-21-10-15/h2-5,7-8,10,14,17-18H,6,9,11-13H2,1H3/t14-,17-,18-/m0/s1. The minimum absolute atomic E-state index is 0.0525. The van der Waals surface area contributed by atoms with E-state index in [1.807, 2.05) is 17.0 Å². The number of hydrogen-bond acceptors (Lipinski definition) is 6. The van der Waals surface area contributed by atoms with Crippen molar-refractivity contribution in [3.8, 4) is 11.6 Å². The van der Waals surface area contributed by atoms with Crippen molar-refractivity contribution < 1.29 is 19.0 Å². The Bertz CT molecular complexity index is 786. The fourth-order valence-electron chi connectivity index (χ4n) is 3.91. The quantitative estimate of drug-likeness (QED) is 0.776. The lowest BCUT2D eigenvalue weighted by molar-refractivity contribution is 0.0668. The third kappa shape index (κ3) is 3.73. The number of rotatable bonds is 6. The fraction of sp³-hybridized carbons (Fsp3) is 0.450. The Morgan fingerprint density at radius 1 is 1.30 bits per heavy atom. The van der Waals surface area contributed by atoms with Crippen LogP contribution in [0, 0.1) is 11.8 Å². The number of aromatic nitrogens is 2. The van der Waals surface area contributed by atoms with Gasteiger partial charge in [-0.3, -0.25) is 9.78 Å². The van der Waals surface area contributed by atoms with Crippen LogP contribution < -0.4 is 9.47 Å². The van der Waals surface area contributed by atoms with Crippen molar-refractivity contribution in [1.82, 2.24) is 14.9 Å². The minimum Gasteiger partial charge on any atom is -0.492 e. The highest BCUT2D eigenvalue weighted by atomic mass is 16.5. The summed E-state index contributed by atoms with van der Waals surface area (Å²) in [7, 11) is 1.53. The van der Waals surface area contributed by atoms with Gasteiger partial charge in [0, 0.05) is 31.4 Å². The highest BCUT2D eigenvalue weighted by Gasteiger charge is 2.45. The third-order valence-electron chi connectivity index (χ3n) is 5.31. The number of pyridine rings is 2. The zero-order valence-electron chi connectivity index (χ0n) is 15.3. The molecule has 4 heterocycles. The number of ether oxygens (including phenoxy) is 3. The van der Waals surface area contributed by atoms with Gasteiger partial charge in [-0.15, -0.1) is 0 Å². The molecule has 2 aliphatic heterocycles. The molecule has 7 nitrogen and oxygen atoms in total. The van der Waals surface area contributed by atoms with Gasteiger partial charge in [-0.1, -0.05) is 0 Å². The van der Waals surface area contributed by atoms with Gasteiger partial charge in [0.2, 0.25) is 5.88 Å². The summed E-state index contributed by atoms with van der Waals surface area (Å²) in [5.41, 5.74) is 0.497. The number of amides is 1. The molecule has 142 valence electrons. The molecule has 2 fully saturated rings. The van der Waals surface area contributed by atoms with E-state index in [9.17, 15) is 4.79 Å². The summed E-state index contributed by atoms with van der Waals surface area (Å²) in [5.74, 6) is 1.82. The Kier molecular flexibility index (Phi) is 5.20. The first-order valence-electron chi connectivity index (χ1n) is 9.19. The van der Waals surface area contributed by atoms with Crippen LogP contribution in [0.1, 0.15) is 16.8 Å². The van der Waals surface area contributed by atoms with E-state index in [1.165, 1.54) is 7.11 Å². The Morgan fingerprint density at radius 2 is 2.19 bits per heavy atom. The predicted octanol–water partition coefficient (Wildman–Crippen LogP) is 2.04. The Balaban J connectivity index is 1.34. The number of fused-ring (bicyclic) bond motifs is 1. The monoisotopic (exact) mass is 369 g/mol. The molecule has 0 unspecified atom stereocenters. The van der Waals surface area contributed by atoms with E-state index in [-0.39, 0.29) is 12.0 Å². The molecule has 1 amide bonds. The van der Waals surface area contributed by atoms with Gasteiger partial charge in [0.25, 0.3) is 5.91 Å². The van der Waals surface area contributed by atoms with Gasteiger partial charge in [0.1, 0.15) is 11.3 Å². The molecule has 0 aromatic carbocycles. The number of nitrogens with zero attached hydrogens (tertiary/aromatic N) is 3. The average molecular weight is 369 g/mol. The average Bonchev–Trinajstić information content (AvgIpc) is 3.30. The van der Waals surface area contributed by atoms with E-state index in [0.29, 0.717) is 43.0 Å². The molecule has 4 rings (SSSR count). The third-order valence-corrected chi connectivity index (χ3v) is 5.31. The van der Waals surface area contributed by atoms with Gasteiger partial charge in [0.15, 0.2) is 0 Å². The van der Waals surface area contributed by atoms with Crippen LogP contribution in [-0.4, -0.2) is 60.3 Å². The summed E-state index contributed by atoms with van der Waals surface area (Å²) in [6.07, 6.45) is 6.05. The van der Waals surface area contributed by atoms with Crippen LogP contribution in [-0.2, 0) is 4.74 Å². The van der Waals surface area contributed by atoms with Crippen molar-refractivity contribution in [2.75, 3.05) is 33.4 Å². The molecular weight excluding hydrogens is 346 g/mol. The van der Waals surface area contributed by atoms with E-state index in [4.69, 9.17) is 14.2 Å². The van der Waals surface area contributed by atoms with Crippen molar-refractivity contribution in [2.45, 2.75) is 12.5 Å². The molecule has 2 aromatic heterocycles. The summed E-state index contributed by atoms with van der Waals surface area (Å²) in [4.78, 5) is 22.9. The van der Waals surface area contributed by atoms with E-state index in [2.05, 4.69) is 9.97 Å². The number of carbonyl (C=O) groups excluding carboxylic acids is 1. The van der Waals surface area contributed by atoms with Crippen LogP contribution >= 0.6 is 0 Å². The van der Waals surface area contributed by atoms with Gasteiger partial charge in [-0.25, -0.2) is 4.98 Å². The number of carbonyl (C=O) groups is 1. The SMILES string of the molecule is COc1ncccc1C(=O)N1C[C@H]2[C@@H](CCOc3cccnc3)CO[C@H]2C1. The maximum Gasteiger partial charge on any atom is 0.259 e. The van der Waals surface area contributed by atoms with Gasteiger partial charge in [-0.2, -0.15) is 0 Å². The Hall–Kier alpha value is -2.67. The summed E-state index contributed by atoms with van der Waals surface area (Å²) >= 11 is 0. The first-order chi connectivity index (χ1) is 13.3. The van der Waals surface area contributed by atoms with Crippen molar-refractivity contribution in [3.63, 3.8) is 0 Å². The molecule has 0 saturated carbocycles. The summed E-state index contributed by atoms with van der Waals surface area (Å²) < 4.78 is 16.9. The zero-order valence-corrected chi connectivity index (χ0v) is 15.3. The molecule has 0 radical (unpaired) electrons. The van der Waals surface area contributed by atoms with Crippen LogP contribution in [0.2, 0.25) is 0 Å². The van der Waals surface area contributed by atoms with Gasteiger partial charge >= 0.3 is 0 Å². The molecule has 2 aromatic rings. The second kappa shape index (κ2) is 7.92. The highest BCUT2D eigenvalue weighted by molar-refractivity contribution is 5.96. The van der Waals surface area contributed by atoms with Crippen LogP contribution in [0.4, 0.5) is 0 Å². The molecule has 0 N–H and O–H groups in total. The first-order valence-corrected chi connectivity index (χ1v) is 9.19. The maximum absolute atomic E-state index is 12.9. The Morgan fingerprint density at radius 3 is 3.00 bits per heavy atom. The van der Waals surface area contributed by atoms with Crippen LogP contribution in [0.3, 0.4) is 0 Å². The summed E-state index contributed by atoms with van der Waals surface area (Å²) in [6, 6.07) is 7.26. The first kappa shape index (κ1) is 17.7. The van der Waals surface area contributed by atoms with Crippen LogP contribution in [0.25, 0.3) is 0 Å². The number of likely N-dealkylation sites (tertiary alicyclic amines) is 1. The molecule has 2 saturated heterocycles. The highest BCUT2D eigenvalue weighted by Crippen LogP contribution is 2.36. The lowest BCUT2D eigenvalue weighted by Gasteiger charge is -2.20. The normalized spacial score (nSPS) is 23.9. The summed E-state index contributed by atoms with van der Waals surface area (Å²) in [6.45, 7) is 2.65. The molecule has 3 atom stereocenters. The molecule has 0 aliphatic carbocycles. The second-order valence-corrected chi connectivity index (χ2v) is 6.89. The van der Waals surface area contributed by atoms with Crippen molar-refractivity contribution >= 4 is 5.91 Å². The molecule has 27 heavy (non-hydrogen) atoms. The maximum atomic E-state index is 12.9. The zero-order chi connectivity index (χ0) is 18.6. The van der Waals surface area contributed by atoms with Crippen LogP contribution in [0.15, 0.2) is 42.9 Å². The topological polar surface area (TPSA) is 73.8 Å². The lowest BCUT2D eigenvalue weighted by Crippen LogP contribution is -2.31. The summed E-state index contributed by atoms with van der Waals surface area (Å²) in [5, 5.41) is 0. The fourth-order valence-corrected chi connectivity index (χ4v) is 3.91. The van der Waals surface area contributed by atoms with E-state index in [1.54, 1.807) is 30.7 Å². The Labute approximate surface area is 158 Å². The smallest absolute Gasteiger partial charge is 0.259 e. The molecule has 0 bridgehead atoms. The van der Waals surface area contributed by atoms with Crippen molar-refractivity contribution in [2.24, 2.45) is 11.8 Å². The largest absolute Gasteiger partial charge is 0.492 e. The molecule has 2 aliphatic rings. The predicted molar refractivity (Wildman–Crippen MR) is 97.8 cm³/mol. The number of methoxy groups -OCH3 is 1. The molecular formula is C20H23N3O4. The molecule has 7 heteroatoms. The van der Waals surface area contributed by atoms with Crippen molar-refractivity contribution in [1.29, 1.82) is 0 Å². The van der Waals surface area contributed by atoms with Gasteiger partial charge < -0.3 is 19.1 Å². The second-order valence-electron chi connectivity index (χ2n) is 6.89. The van der Waals surface area contributed by atoms with E-state index in [0.717, 1.165) is 18.8 Å². The number of hydrogen-bond donors (Lipinski definition) is 0. The van der Waals surface area contributed by atoms with Crippen LogP contribution in [0.5, 0.6) is 11.6 Å². The van der Waals surface area contributed by atoms with Gasteiger partial charge in [-0.05, 0) is 36.6 Å². The van der Waals surface area contributed by atoms with E-state index < -0.39 is 0 Å². The lowest BCUT2D eigenvalue weighted by atomic mass is 9.91.